The minimum absolute atomic E-state index is 0.128. The third-order valence-electron chi connectivity index (χ3n) is 2.76. The van der Waals surface area contributed by atoms with Gasteiger partial charge in [0, 0.05) is 5.39 Å². The van der Waals surface area contributed by atoms with Crippen LogP contribution in [0.2, 0.25) is 0 Å². The smallest absolute Gasteiger partial charge is 0.360 e. The Bertz CT molecular complexity index is 753. The van der Waals surface area contributed by atoms with Gasteiger partial charge in [0.2, 0.25) is 5.69 Å². The van der Waals surface area contributed by atoms with Crippen molar-refractivity contribution in [1.29, 1.82) is 0 Å². The highest BCUT2D eigenvalue weighted by atomic mass is 16.5. The number of hydrogen-bond donors (Lipinski definition) is 1. The highest BCUT2D eigenvalue weighted by Gasteiger charge is 2.18. The molecule has 0 aliphatic rings. The number of ether oxygens (including phenoxy) is 1. The normalized spacial score (nSPS) is 10.6. The quantitative estimate of drug-likeness (QED) is 0.783. The molecule has 1 N–H and O–H groups in total. The zero-order chi connectivity index (χ0) is 13.9. The number of aromatic carboxylic acids is 1. The Morgan fingerprint density at radius 3 is 2.80 bits per heavy atom. The van der Waals surface area contributed by atoms with Crippen molar-refractivity contribution in [2.45, 2.75) is 6.61 Å². The fraction of sp³-hybridized carbons (Fsp3) is 0.0714. The van der Waals surface area contributed by atoms with E-state index in [1.165, 1.54) is 6.26 Å². The Balaban J connectivity index is 2.05. The van der Waals surface area contributed by atoms with Gasteiger partial charge in [-0.3, -0.25) is 0 Å². The average Bonchev–Trinajstić information content (AvgIpc) is 2.97. The summed E-state index contributed by atoms with van der Waals surface area (Å²) in [6.45, 7) is 0.128. The molecule has 0 spiro atoms. The highest BCUT2D eigenvalue weighted by Crippen LogP contribution is 2.27. The SMILES string of the molecule is O=C(O)c1nnc2ccccc2c1OCc1ccco1. The molecule has 0 bridgehead atoms. The maximum Gasteiger partial charge on any atom is 0.360 e. The number of aromatic nitrogens is 2. The number of carbonyl (C=O) groups is 1. The van der Waals surface area contributed by atoms with Gasteiger partial charge >= 0.3 is 5.97 Å². The second-order valence-electron chi connectivity index (χ2n) is 4.07. The summed E-state index contributed by atoms with van der Waals surface area (Å²) in [4.78, 5) is 11.2. The number of nitrogens with zero attached hydrogens (tertiary/aromatic N) is 2. The Labute approximate surface area is 113 Å². The molecule has 2 aromatic heterocycles. The van der Waals surface area contributed by atoms with Gasteiger partial charge in [0.15, 0.2) is 5.75 Å². The molecular weight excluding hydrogens is 260 g/mol. The van der Waals surface area contributed by atoms with E-state index in [2.05, 4.69) is 10.2 Å². The number of rotatable bonds is 4. The van der Waals surface area contributed by atoms with Crippen LogP contribution in [-0.2, 0) is 6.61 Å². The third kappa shape index (κ3) is 2.18. The molecule has 0 saturated carbocycles. The van der Waals surface area contributed by atoms with E-state index >= 15 is 0 Å². The van der Waals surface area contributed by atoms with Crippen LogP contribution in [-0.4, -0.2) is 21.3 Å². The van der Waals surface area contributed by atoms with E-state index in [0.29, 0.717) is 16.7 Å². The number of hydrogen-bond acceptors (Lipinski definition) is 5. The summed E-state index contributed by atoms with van der Waals surface area (Å²) in [6, 6.07) is 10.6. The van der Waals surface area contributed by atoms with Gasteiger partial charge in [0.25, 0.3) is 0 Å². The van der Waals surface area contributed by atoms with Crippen LogP contribution in [0.4, 0.5) is 0 Å². The molecule has 3 aromatic rings. The van der Waals surface area contributed by atoms with Crippen LogP contribution in [0.5, 0.6) is 5.75 Å². The lowest BCUT2D eigenvalue weighted by molar-refractivity contribution is 0.0683. The van der Waals surface area contributed by atoms with Gasteiger partial charge in [-0.15, -0.1) is 10.2 Å². The topological polar surface area (TPSA) is 85.5 Å². The van der Waals surface area contributed by atoms with Crippen molar-refractivity contribution in [3.63, 3.8) is 0 Å². The zero-order valence-corrected chi connectivity index (χ0v) is 10.3. The van der Waals surface area contributed by atoms with Crippen LogP contribution in [0.1, 0.15) is 16.2 Å². The monoisotopic (exact) mass is 270 g/mol. The van der Waals surface area contributed by atoms with Crippen molar-refractivity contribution in [3.8, 4) is 5.75 Å². The highest BCUT2D eigenvalue weighted by molar-refractivity contribution is 5.96. The predicted octanol–water partition coefficient (Wildman–Crippen LogP) is 2.50. The molecule has 2 heterocycles. The second-order valence-corrected chi connectivity index (χ2v) is 4.07. The molecule has 20 heavy (non-hydrogen) atoms. The minimum atomic E-state index is -1.18. The van der Waals surface area contributed by atoms with Crippen molar-refractivity contribution < 1.29 is 19.1 Å². The Morgan fingerprint density at radius 1 is 1.20 bits per heavy atom. The summed E-state index contributed by atoms with van der Waals surface area (Å²) in [5.74, 6) is -0.389. The Hall–Kier alpha value is -2.89. The predicted molar refractivity (Wildman–Crippen MR) is 69.5 cm³/mol. The molecule has 0 amide bonds. The fourth-order valence-electron chi connectivity index (χ4n) is 1.85. The molecule has 1 aromatic carbocycles. The lowest BCUT2D eigenvalue weighted by atomic mass is 10.2. The van der Waals surface area contributed by atoms with Gasteiger partial charge in [-0.1, -0.05) is 12.1 Å². The minimum Gasteiger partial charge on any atom is -0.482 e. The summed E-state index contributed by atoms with van der Waals surface area (Å²) < 4.78 is 10.7. The summed E-state index contributed by atoms with van der Waals surface area (Å²) in [6.07, 6.45) is 1.53. The molecule has 0 aliphatic carbocycles. The van der Waals surface area contributed by atoms with E-state index in [-0.39, 0.29) is 18.1 Å². The van der Waals surface area contributed by atoms with E-state index in [0.717, 1.165) is 0 Å². The van der Waals surface area contributed by atoms with Crippen LogP contribution in [0.3, 0.4) is 0 Å². The first-order valence-electron chi connectivity index (χ1n) is 5.89. The van der Waals surface area contributed by atoms with Gasteiger partial charge in [-0.05, 0) is 24.3 Å². The van der Waals surface area contributed by atoms with Crippen molar-refractivity contribution in [3.05, 3.63) is 54.1 Å². The van der Waals surface area contributed by atoms with Crippen LogP contribution in [0.15, 0.2) is 47.1 Å². The number of benzene rings is 1. The van der Waals surface area contributed by atoms with Crippen molar-refractivity contribution >= 4 is 16.9 Å². The largest absolute Gasteiger partial charge is 0.482 e. The van der Waals surface area contributed by atoms with E-state index < -0.39 is 5.97 Å². The van der Waals surface area contributed by atoms with Gasteiger partial charge in [0.1, 0.15) is 12.4 Å². The molecule has 6 nitrogen and oxygen atoms in total. The lowest BCUT2D eigenvalue weighted by Gasteiger charge is -2.09. The summed E-state index contributed by atoms with van der Waals surface area (Å²) in [5, 5.41) is 17.4. The third-order valence-corrected chi connectivity index (χ3v) is 2.76. The molecule has 6 heteroatoms. The molecule has 100 valence electrons. The van der Waals surface area contributed by atoms with Crippen LogP contribution < -0.4 is 4.74 Å². The number of carboxylic acids is 1. The van der Waals surface area contributed by atoms with Gasteiger partial charge in [-0.25, -0.2) is 4.79 Å². The van der Waals surface area contributed by atoms with Crippen LogP contribution >= 0.6 is 0 Å². The zero-order valence-electron chi connectivity index (χ0n) is 10.3. The number of fused-ring (bicyclic) bond motifs is 1. The van der Waals surface area contributed by atoms with Crippen LogP contribution in [0, 0.1) is 0 Å². The van der Waals surface area contributed by atoms with Gasteiger partial charge in [-0.2, -0.15) is 0 Å². The maximum absolute atomic E-state index is 11.2. The maximum atomic E-state index is 11.2. The number of furan rings is 1. The van der Waals surface area contributed by atoms with Crippen molar-refractivity contribution in [2.24, 2.45) is 0 Å². The standard InChI is InChI=1S/C14H10N2O4/c17-14(18)12-13(20-8-9-4-3-7-19-9)10-5-1-2-6-11(10)15-16-12/h1-7H,8H2,(H,17,18). The molecular formula is C14H10N2O4. The number of carboxylic acid groups (broad SMARTS) is 1. The fourth-order valence-corrected chi connectivity index (χ4v) is 1.85. The Kier molecular flexibility index (Phi) is 3.04. The summed E-state index contributed by atoms with van der Waals surface area (Å²) >= 11 is 0. The average molecular weight is 270 g/mol. The van der Waals surface area contributed by atoms with Gasteiger partial charge < -0.3 is 14.3 Å². The molecule has 0 aliphatic heterocycles. The van der Waals surface area contributed by atoms with E-state index in [1.807, 2.05) is 0 Å². The molecule has 3 rings (SSSR count). The first-order valence-corrected chi connectivity index (χ1v) is 5.89. The van der Waals surface area contributed by atoms with E-state index in [4.69, 9.17) is 9.15 Å². The van der Waals surface area contributed by atoms with E-state index in [9.17, 15) is 9.90 Å². The van der Waals surface area contributed by atoms with Crippen LogP contribution in [0.25, 0.3) is 10.9 Å². The van der Waals surface area contributed by atoms with E-state index in [1.54, 1.807) is 36.4 Å². The first-order chi connectivity index (χ1) is 9.75. The van der Waals surface area contributed by atoms with Crippen molar-refractivity contribution in [2.75, 3.05) is 0 Å². The lowest BCUT2D eigenvalue weighted by Crippen LogP contribution is -2.08. The summed E-state index contributed by atoms with van der Waals surface area (Å²) in [7, 11) is 0. The molecule has 0 unspecified atom stereocenters. The summed E-state index contributed by atoms with van der Waals surface area (Å²) in [5.41, 5.74) is 0.363. The molecule has 0 saturated heterocycles. The molecule has 0 atom stereocenters. The molecule has 0 fully saturated rings. The second kappa shape index (κ2) is 5.00. The molecule has 0 radical (unpaired) electrons. The first kappa shape index (κ1) is 12.2. The van der Waals surface area contributed by atoms with Crippen molar-refractivity contribution in [1.82, 2.24) is 10.2 Å². The Morgan fingerprint density at radius 2 is 2.05 bits per heavy atom. The van der Waals surface area contributed by atoms with Gasteiger partial charge in [0.05, 0.1) is 11.8 Å².